The highest BCUT2D eigenvalue weighted by atomic mass is 32.1. The van der Waals surface area contributed by atoms with Gasteiger partial charge in [0.1, 0.15) is 0 Å². The maximum Gasteiger partial charge on any atom is 0.0244 e. The Hall–Kier alpha value is 0.0900. The van der Waals surface area contributed by atoms with E-state index in [0.717, 1.165) is 17.7 Å². The van der Waals surface area contributed by atoms with Crippen molar-refractivity contribution in [2.24, 2.45) is 0 Å². The lowest BCUT2D eigenvalue weighted by molar-refractivity contribution is 1.12. The zero-order valence-corrected chi connectivity index (χ0v) is 4.85. The molecule has 0 aromatic carbocycles. The minimum absolute atomic E-state index is 0.719. The molecule has 0 amide bonds. The molecule has 0 bridgehead atoms. The molecule has 0 heterocycles. The van der Waals surface area contributed by atoms with Crippen LogP contribution >= 0.6 is 12.6 Å². The molecule has 0 unspecified atom stereocenters. The van der Waals surface area contributed by atoms with Crippen LogP contribution in [0.5, 0.6) is 0 Å². The highest BCUT2D eigenvalue weighted by molar-refractivity contribution is 7.80. The van der Waals surface area contributed by atoms with Crippen LogP contribution in [0.2, 0.25) is 0 Å². The molecular weight excluding hydrogens is 92.1 g/mol. The zero-order valence-electron chi connectivity index (χ0n) is 4.03. The average Bonchev–Trinajstić information content (AvgIpc) is 1.65. The SMILES string of the molecule is C=C(CC)C[S]. The first-order valence-electron chi connectivity index (χ1n) is 2.06. The van der Waals surface area contributed by atoms with E-state index in [1.165, 1.54) is 0 Å². The van der Waals surface area contributed by atoms with E-state index in [9.17, 15) is 0 Å². The Labute approximate surface area is 44.7 Å². The fourth-order valence-corrected chi connectivity index (χ4v) is 0.306. The summed E-state index contributed by atoms with van der Waals surface area (Å²) in [7, 11) is 0. The maximum atomic E-state index is 4.67. The molecule has 0 nitrogen and oxygen atoms in total. The van der Waals surface area contributed by atoms with Gasteiger partial charge in [0, 0.05) is 5.75 Å². The van der Waals surface area contributed by atoms with Crippen LogP contribution in [0.15, 0.2) is 12.2 Å². The third-order valence-corrected chi connectivity index (χ3v) is 1.11. The monoisotopic (exact) mass is 101 g/mol. The smallest absolute Gasteiger partial charge is 0.0244 e. The Balaban J connectivity index is 2.99. The van der Waals surface area contributed by atoms with Crippen LogP contribution < -0.4 is 0 Å². The highest BCUT2D eigenvalue weighted by Gasteiger charge is 1.79. The van der Waals surface area contributed by atoms with Crippen molar-refractivity contribution in [3.63, 3.8) is 0 Å². The van der Waals surface area contributed by atoms with Gasteiger partial charge in [0.25, 0.3) is 0 Å². The highest BCUT2D eigenvalue weighted by Crippen LogP contribution is 1.95. The molecule has 1 heteroatoms. The van der Waals surface area contributed by atoms with E-state index in [-0.39, 0.29) is 0 Å². The van der Waals surface area contributed by atoms with Crippen LogP contribution in [0.4, 0.5) is 0 Å². The lowest BCUT2D eigenvalue weighted by Gasteiger charge is -1.87. The normalized spacial score (nSPS) is 8.33. The van der Waals surface area contributed by atoms with Crippen molar-refractivity contribution < 1.29 is 0 Å². The van der Waals surface area contributed by atoms with E-state index >= 15 is 0 Å². The molecular formula is C5H9S. The minimum Gasteiger partial charge on any atom is -0.0990 e. The predicted molar refractivity (Wildman–Crippen MR) is 31.9 cm³/mol. The summed E-state index contributed by atoms with van der Waals surface area (Å²) in [5.41, 5.74) is 1.16. The van der Waals surface area contributed by atoms with Gasteiger partial charge in [-0.15, -0.1) is 0 Å². The Morgan fingerprint density at radius 2 is 2.33 bits per heavy atom. The first-order chi connectivity index (χ1) is 2.81. The van der Waals surface area contributed by atoms with Crippen molar-refractivity contribution in [3.05, 3.63) is 12.2 Å². The quantitative estimate of drug-likeness (QED) is 0.467. The summed E-state index contributed by atoms with van der Waals surface area (Å²) < 4.78 is 0. The summed E-state index contributed by atoms with van der Waals surface area (Å²) in [5.74, 6) is 0.719. The first-order valence-corrected chi connectivity index (χ1v) is 2.63. The van der Waals surface area contributed by atoms with Gasteiger partial charge in [0.2, 0.25) is 0 Å². The van der Waals surface area contributed by atoms with Gasteiger partial charge in [-0.25, -0.2) is 0 Å². The summed E-state index contributed by atoms with van der Waals surface area (Å²) >= 11 is 4.67. The molecule has 0 aromatic rings. The fraction of sp³-hybridized carbons (Fsp3) is 0.600. The standard InChI is InChI=1S/C5H9S/c1-3-5(2)4-6/h2-4H2,1H3. The molecule has 0 atom stereocenters. The molecule has 0 aliphatic heterocycles. The van der Waals surface area contributed by atoms with E-state index in [2.05, 4.69) is 26.1 Å². The van der Waals surface area contributed by atoms with Gasteiger partial charge >= 0.3 is 0 Å². The van der Waals surface area contributed by atoms with Crippen LogP contribution in [-0.2, 0) is 0 Å². The van der Waals surface area contributed by atoms with Crippen molar-refractivity contribution in [1.82, 2.24) is 0 Å². The zero-order chi connectivity index (χ0) is 4.99. The Morgan fingerprint density at radius 1 is 1.83 bits per heavy atom. The van der Waals surface area contributed by atoms with Crippen molar-refractivity contribution in [2.75, 3.05) is 5.75 Å². The number of hydrogen-bond acceptors (Lipinski definition) is 0. The fourth-order valence-electron chi connectivity index (χ4n) is 0.102. The molecule has 0 aliphatic carbocycles. The second-order valence-electron chi connectivity index (χ2n) is 1.25. The Bertz CT molecular complexity index is 41.9. The molecule has 0 aromatic heterocycles. The molecule has 0 N–H and O–H groups in total. The molecule has 6 heavy (non-hydrogen) atoms. The number of rotatable bonds is 2. The second-order valence-corrected chi connectivity index (χ2v) is 1.54. The topological polar surface area (TPSA) is 0 Å². The lowest BCUT2D eigenvalue weighted by Crippen LogP contribution is -1.74. The van der Waals surface area contributed by atoms with Gasteiger partial charge in [-0.05, 0) is 6.42 Å². The number of hydrogen-bond donors (Lipinski definition) is 0. The molecule has 1 radical (unpaired) electrons. The van der Waals surface area contributed by atoms with Crippen molar-refractivity contribution >= 4 is 12.6 Å². The molecule has 0 saturated carbocycles. The largest absolute Gasteiger partial charge is 0.0990 e. The summed E-state index contributed by atoms with van der Waals surface area (Å²) in [6.45, 7) is 5.75. The van der Waals surface area contributed by atoms with Gasteiger partial charge in [-0.1, -0.05) is 31.7 Å². The van der Waals surface area contributed by atoms with E-state index in [0.29, 0.717) is 0 Å². The first kappa shape index (κ1) is 6.09. The van der Waals surface area contributed by atoms with Gasteiger partial charge < -0.3 is 0 Å². The summed E-state index contributed by atoms with van der Waals surface area (Å²) in [6.07, 6.45) is 1.03. The summed E-state index contributed by atoms with van der Waals surface area (Å²) in [4.78, 5) is 0. The van der Waals surface area contributed by atoms with Crippen molar-refractivity contribution in [2.45, 2.75) is 13.3 Å². The molecule has 35 valence electrons. The lowest BCUT2D eigenvalue weighted by atomic mass is 10.3. The third kappa shape index (κ3) is 2.33. The summed E-state index contributed by atoms with van der Waals surface area (Å²) in [5, 5.41) is 0. The third-order valence-electron chi connectivity index (χ3n) is 0.704. The van der Waals surface area contributed by atoms with Crippen LogP contribution in [0.25, 0.3) is 0 Å². The Morgan fingerprint density at radius 3 is 2.33 bits per heavy atom. The van der Waals surface area contributed by atoms with Crippen molar-refractivity contribution in [1.29, 1.82) is 0 Å². The van der Waals surface area contributed by atoms with Crippen molar-refractivity contribution in [3.8, 4) is 0 Å². The van der Waals surface area contributed by atoms with E-state index in [1.54, 1.807) is 0 Å². The van der Waals surface area contributed by atoms with Crippen LogP contribution in [0.1, 0.15) is 13.3 Å². The van der Waals surface area contributed by atoms with E-state index in [1.807, 2.05) is 0 Å². The summed E-state index contributed by atoms with van der Waals surface area (Å²) in [6, 6.07) is 0. The van der Waals surface area contributed by atoms with Crippen LogP contribution in [0, 0.1) is 0 Å². The van der Waals surface area contributed by atoms with E-state index < -0.39 is 0 Å². The van der Waals surface area contributed by atoms with Gasteiger partial charge in [0.15, 0.2) is 0 Å². The molecule has 0 aliphatic rings. The maximum absolute atomic E-state index is 4.67. The van der Waals surface area contributed by atoms with Gasteiger partial charge in [-0.2, -0.15) is 0 Å². The molecule has 0 fully saturated rings. The van der Waals surface area contributed by atoms with Crippen LogP contribution in [-0.4, -0.2) is 5.75 Å². The molecule has 0 saturated heterocycles. The minimum atomic E-state index is 0.719. The van der Waals surface area contributed by atoms with E-state index in [4.69, 9.17) is 0 Å². The predicted octanol–water partition coefficient (Wildman–Crippen LogP) is 2.15. The average molecular weight is 101 g/mol. The Kier molecular flexibility index (Phi) is 3.34. The van der Waals surface area contributed by atoms with Gasteiger partial charge in [0.05, 0.1) is 0 Å². The van der Waals surface area contributed by atoms with Crippen LogP contribution in [0.3, 0.4) is 0 Å². The molecule has 0 rings (SSSR count). The van der Waals surface area contributed by atoms with Gasteiger partial charge in [-0.3, -0.25) is 0 Å². The second kappa shape index (κ2) is 3.29. The molecule has 0 spiro atoms.